The van der Waals surface area contributed by atoms with Crippen LogP contribution in [0.5, 0.6) is 5.88 Å². The lowest BCUT2D eigenvalue weighted by molar-refractivity contribution is 0.178. The number of ether oxygens (including phenoxy) is 1. The summed E-state index contributed by atoms with van der Waals surface area (Å²) in [6.45, 7) is 5.24. The van der Waals surface area contributed by atoms with Crippen molar-refractivity contribution in [2.45, 2.75) is 39.2 Å². The predicted octanol–water partition coefficient (Wildman–Crippen LogP) is 1.76. The van der Waals surface area contributed by atoms with Gasteiger partial charge in [-0.15, -0.1) is 0 Å². The average Bonchev–Trinajstić information content (AvgIpc) is 2.72. The minimum atomic E-state index is -0.122. The van der Waals surface area contributed by atoms with Crippen molar-refractivity contribution in [2.24, 2.45) is 5.92 Å². The Morgan fingerprint density at radius 2 is 2.28 bits per heavy atom. The fourth-order valence-electron chi connectivity index (χ4n) is 2.34. The molecule has 2 N–H and O–H groups in total. The van der Waals surface area contributed by atoms with Gasteiger partial charge in [0.25, 0.3) is 0 Å². The van der Waals surface area contributed by atoms with Crippen molar-refractivity contribution in [1.82, 2.24) is 9.97 Å². The van der Waals surface area contributed by atoms with E-state index in [4.69, 9.17) is 4.74 Å². The third kappa shape index (κ3) is 3.57. The Kier molecular flexibility index (Phi) is 4.36. The van der Waals surface area contributed by atoms with Crippen molar-refractivity contribution in [3.8, 4) is 5.88 Å². The van der Waals surface area contributed by atoms with Crippen molar-refractivity contribution in [3.63, 3.8) is 0 Å². The van der Waals surface area contributed by atoms with Gasteiger partial charge in [-0.3, -0.25) is 0 Å². The maximum Gasteiger partial charge on any atom is 0.218 e. The van der Waals surface area contributed by atoms with Gasteiger partial charge in [0.05, 0.1) is 12.7 Å². The summed E-state index contributed by atoms with van der Waals surface area (Å²) >= 11 is 0. The highest BCUT2D eigenvalue weighted by atomic mass is 16.5. The standard InChI is InChI=1S/C13H21N3O2/c1-3-18-13-7-12(15-9(2)16-13)14-8-10-4-5-11(17)6-10/h7,10-11,17H,3-6,8H2,1-2H3,(H,14,15,16). The van der Waals surface area contributed by atoms with Crippen molar-refractivity contribution in [3.05, 3.63) is 11.9 Å². The van der Waals surface area contributed by atoms with Crippen LogP contribution in [0.15, 0.2) is 6.07 Å². The van der Waals surface area contributed by atoms with Crippen LogP contribution in [0, 0.1) is 12.8 Å². The molecule has 18 heavy (non-hydrogen) atoms. The molecule has 1 heterocycles. The molecule has 0 spiro atoms. The lowest BCUT2D eigenvalue weighted by atomic mass is 10.1. The van der Waals surface area contributed by atoms with Crippen molar-refractivity contribution in [2.75, 3.05) is 18.5 Å². The number of hydrogen-bond donors (Lipinski definition) is 2. The summed E-state index contributed by atoms with van der Waals surface area (Å²) in [5, 5.41) is 12.8. The summed E-state index contributed by atoms with van der Waals surface area (Å²) in [7, 11) is 0. The fraction of sp³-hybridized carbons (Fsp3) is 0.692. The van der Waals surface area contributed by atoms with Crippen LogP contribution < -0.4 is 10.1 Å². The van der Waals surface area contributed by atoms with E-state index in [9.17, 15) is 5.11 Å². The number of nitrogens with zero attached hydrogens (tertiary/aromatic N) is 2. The molecule has 0 radical (unpaired) electrons. The molecular formula is C13H21N3O2. The van der Waals surface area contributed by atoms with Gasteiger partial charge in [-0.1, -0.05) is 0 Å². The van der Waals surface area contributed by atoms with E-state index in [0.29, 0.717) is 24.2 Å². The first kappa shape index (κ1) is 13.1. The van der Waals surface area contributed by atoms with E-state index >= 15 is 0 Å². The lowest BCUT2D eigenvalue weighted by Gasteiger charge is -2.12. The van der Waals surface area contributed by atoms with E-state index in [1.165, 1.54) is 0 Å². The summed E-state index contributed by atoms with van der Waals surface area (Å²) in [4.78, 5) is 8.53. The van der Waals surface area contributed by atoms with E-state index < -0.39 is 0 Å². The quantitative estimate of drug-likeness (QED) is 0.834. The van der Waals surface area contributed by atoms with Crippen LogP contribution in [-0.2, 0) is 0 Å². The van der Waals surface area contributed by atoms with Crippen LogP contribution in [0.3, 0.4) is 0 Å². The highest BCUT2D eigenvalue weighted by molar-refractivity contribution is 5.38. The maximum atomic E-state index is 9.48. The molecule has 5 heteroatoms. The molecule has 0 saturated heterocycles. The lowest BCUT2D eigenvalue weighted by Crippen LogP contribution is -2.14. The second kappa shape index (κ2) is 6.00. The highest BCUT2D eigenvalue weighted by Crippen LogP contribution is 2.25. The minimum absolute atomic E-state index is 0.122. The molecule has 2 unspecified atom stereocenters. The topological polar surface area (TPSA) is 67.3 Å². The summed E-state index contributed by atoms with van der Waals surface area (Å²) < 4.78 is 5.39. The molecule has 2 atom stereocenters. The molecule has 0 aliphatic heterocycles. The second-order valence-corrected chi connectivity index (χ2v) is 4.79. The third-order valence-electron chi connectivity index (χ3n) is 3.19. The highest BCUT2D eigenvalue weighted by Gasteiger charge is 2.22. The van der Waals surface area contributed by atoms with Crippen molar-refractivity contribution in [1.29, 1.82) is 0 Å². The van der Waals surface area contributed by atoms with Crippen LogP contribution in [0.1, 0.15) is 32.0 Å². The van der Waals surface area contributed by atoms with Crippen molar-refractivity contribution >= 4 is 5.82 Å². The normalized spacial score (nSPS) is 23.1. The Labute approximate surface area is 108 Å². The van der Waals surface area contributed by atoms with Crippen LogP contribution in [0.25, 0.3) is 0 Å². The molecule has 0 amide bonds. The summed E-state index contributed by atoms with van der Waals surface area (Å²) in [5.41, 5.74) is 0. The van der Waals surface area contributed by atoms with E-state index in [-0.39, 0.29) is 6.10 Å². The van der Waals surface area contributed by atoms with E-state index in [0.717, 1.165) is 31.6 Å². The number of anilines is 1. The Balaban J connectivity index is 1.92. The first-order chi connectivity index (χ1) is 8.67. The molecule has 100 valence electrons. The van der Waals surface area contributed by atoms with Gasteiger partial charge < -0.3 is 15.2 Å². The molecule has 1 saturated carbocycles. The molecule has 1 fully saturated rings. The average molecular weight is 251 g/mol. The Hall–Kier alpha value is -1.36. The summed E-state index contributed by atoms with van der Waals surface area (Å²) in [6.07, 6.45) is 2.76. The maximum absolute atomic E-state index is 9.48. The van der Waals surface area contributed by atoms with E-state index in [1.54, 1.807) is 0 Å². The molecule has 1 aliphatic rings. The number of aryl methyl sites for hydroxylation is 1. The zero-order valence-corrected chi connectivity index (χ0v) is 11.0. The molecule has 5 nitrogen and oxygen atoms in total. The summed E-state index contributed by atoms with van der Waals surface area (Å²) in [5.74, 6) is 2.65. The predicted molar refractivity (Wildman–Crippen MR) is 69.8 cm³/mol. The number of aromatic nitrogens is 2. The van der Waals surface area contributed by atoms with Gasteiger partial charge in [-0.2, -0.15) is 4.98 Å². The Bertz CT molecular complexity index is 398. The zero-order valence-electron chi connectivity index (χ0n) is 11.0. The molecule has 1 aliphatic carbocycles. The SMILES string of the molecule is CCOc1cc(NCC2CCC(O)C2)nc(C)n1. The van der Waals surface area contributed by atoms with Crippen LogP contribution in [0.2, 0.25) is 0 Å². The Morgan fingerprint density at radius 3 is 2.94 bits per heavy atom. The van der Waals surface area contributed by atoms with E-state index in [2.05, 4.69) is 15.3 Å². The second-order valence-electron chi connectivity index (χ2n) is 4.79. The van der Waals surface area contributed by atoms with Gasteiger partial charge >= 0.3 is 0 Å². The monoisotopic (exact) mass is 251 g/mol. The number of aliphatic hydroxyl groups excluding tert-OH is 1. The fourth-order valence-corrected chi connectivity index (χ4v) is 2.34. The van der Waals surface area contributed by atoms with E-state index in [1.807, 2.05) is 19.9 Å². The van der Waals surface area contributed by atoms with Gasteiger partial charge in [0.2, 0.25) is 5.88 Å². The van der Waals surface area contributed by atoms with Crippen LogP contribution in [0.4, 0.5) is 5.82 Å². The van der Waals surface area contributed by atoms with Crippen molar-refractivity contribution < 1.29 is 9.84 Å². The molecule has 1 aromatic rings. The first-order valence-electron chi connectivity index (χ1n) is 6.57. The zero-order chi connectivity index (χ0) is 13.0. The smallest absolute Gasteiger partial charge is 0.218 e. The van der Waals surface area contributed by atoms with Gasteiger partial charge in [0.15, 0.2) is 0 Å². The number of hydrogen-bond acceptors (Lipinski definition) is 5. The van der Waals surface area contributed by atoms with Crippen LogP contribution in [-0.4, -0.2) is 34.3 Å². The third-order valence-corrected chi connectivity index (χ3v) is 3.19. The first-order valence-corrected chi connectivity index (χ1v) is 6.57. The van der Waals surface area contributed by atoms with Gasteiger partial charge in [-0.25, -0.2) is 4.98 Å². The number of nitrogens with one attached hydrogen (secondary N) is 1. The minimum Gasteiger partial charge on any atom is -0.478 e. The largest absolute Gasteiger partial charge is 0.478 e. The number of aliphatic hydroxyl groups is 1. The number of rotatable bonds is 5. The molecular weight excluding hydrogens is 230 g/mol. The molecule has 0 aromatic carbocycles. The van der Waals surface area contributed by atoms with Gasteiger partial charge in [-0.05, 0) is 39.0 Å². The van der Waals surface area contributed by atoms with Crippen LogP contribution >= 0.6 is 0 Å². The van der Waals surface area contributed by atoms with Gasteiger partial charge in [0, 0.05) is 12.6 Å². The van der Waals surface area contributed by atoms with Gasteiger partial charge in [0.1, 0.15) is 11.6 Å². The Morgan fingerprint density at radius 1 is 1.44 bits per heavy atom. The molecule has 1 aromatic heterocycles. The molecule has 2 rings (SSSR count). The molecule has 0 bridgehead atoms. The summed E-state index contributed by atoms with van der Waals surface area (Å²) in [6, 6.07) is 1.82.